The van der Waals surface area contributed by atoms with Gasteiger partial charge in [0.1, 0.15) is 18.3 Å². The number of amides is 1. The van der Waals surface area contributed by atoms with E-state index in [0.29, 0.717) is 44.0 Å². The van der Waals surface area contributed by atoms with Gasteiger partial charge in [0.25, 0.3) is 16.1 Å². The Labute approximate surface area is 252 Å². The Hall–Kier alpha value is -4.14. The highest BCUT2D eigenvalue weighted by Gasteiger charge is 2.33. The van der Waals surface area contributed by atoms with Crippen LogP contribution in [0.4, 0.5) is 5.69 Å². The molecule has 0 aliphatic carbocycles. The van der Waals surface area contributed by atoms with E-state index in [9.17, 15) is 23.1 Å². The minimum atomic E-state index is -3.94. The average Bonchev–Trinajstić information content (AvgIpc) is 3.00. The standard InChI is InChI=1S/C30H37N5O7S/c1-22(2)28(30(37)38)33-43(39,40)35-17-15-34(16-18-35)25-10-7-23(8-11-25)5-6-24-9-12-27(42-20-4-19-41-3)26(21-24)29(36)32-14-13-31/h7-12,21-22,28,33H,4,14-20H2,1-3H3,(H,32,36)(H,37,38)/t28-/m1/s1. The lowest BCUT2D eigenvalue weighted by atomic mass is 10.1. The van der Waals surface area contributed by atoms with Crippen molar-refractivity contribution in [1.82, 2.24) is 14.3 Å². The van der Waals surface area contributed by atoms with Crippen LogP contribution in [0, 0.1) is 29.1 Å². The molecule has 1 fully saturated rings. The van der Waals surface area contributed by atoms with Gasteiger partial charge in [0.15, 0.2) is 0 Å². The van der Waals surface area contributed by atoms with Gasteiger partial charge in [-0.1, -0.05) is 25.7 Å². The molecular weight excluding hydrogens is 574 g/mol. The summed E-state index contributed by atoms with van der Waals surface area (Å²) in [6.45, 7) is 5.41. The lowest BCUT2D eigenvalue weighted by Crippen LogP contribution is -2.55. The van der Waals surface area contributed by atoms with E-state index in [-0.39, 0.29) is 25.2 Å². The summed E-state index contributed by atoms with van der Waals surface area (Å²) in [7, 11) is -2.33. The molecule has 43 heavy (non-hydrogen) atoms. The topological polar surface area (TPSA) is 161 Å². The summed E-state index contributed by atoms with van der Waals surface area (Å²) in [5, 5.41) is 20.7. The molecule has 3 rings (SSSR count). The number of hydrogen-bond donors (Lipinski definition) is 3. The van der Waals surface area contributed by atoms with Gasteiger partial charge in [-0.15, -0.1) is 0 Å². The van der Waals surface area contributed by atoms with Crippen LogP contribution in [-0.2, 0) is 19.7 Å². The maximum Gasteiger partial charge on any atom is 0.322 e. The van der Waals surface area contributed by atoms with Gasteiger partial charge in [0, 0.05) is 63.1 Å². The number of carboxylic acids is 1. The molecule has 1 saturated heterocycles. The Morgan fingerprint density at radius 2 is 1.67 bits per heavy atom. The largest absolute Gasteiger partial charge is 0.493 e. The third-order valence-electron chi connectivity index (χ3n) is 6.67. The number of piperazine rings is 1. The van der Waals surface area contributed by atoms with E-state index in [1.54, 1.807) is 39.2 Å². The highest BCUT2D eigenvalue weighted by atomic mass is 32.2. The number of anilines is 1. The molecule has 0 aromatic heterocycles. The third kappa shape index (κ3) is 9.70. The number of rotatable bonds is 13. The van der Waals surface area contributed by atoms with Crippen LogP contribution in [0.15, 0.2) is 42.5 Å². The SMILES string of the molecule is COCCCOc1ccc(C#Cc2ccc(N3CCN(S(=O)(=O)N[C@@H](C(=O)O)C(C)C)CC3)cc2)cc1C(=O)NCC#N. The molecule has 0 saturated carbocycles. The van der Waals surface area contributed by atoms with Gasteiger partial charge < -0.3 is 24.8 Å². The first kappa shape index (κ1) is 33.4. The smallest absolute Gasteiger partial charge is 0.322 e. The van der Waals surface area contributed by atoms with Crippen LogP contribution in [0.2, 0.25) is 0 Å². The van der Waals surface area contributed by atoms with Crippen LogP contribution in [0.3, 0.4) is 0 Å². The number of nitrogens with one attached hydrogen (secondary N) is 2. The predicted molar refractivity (Wildman–Crippen MR) is 161 cm³/mol. The zero-order chi connectivity index (χ0) is 31.4. The number of aliphatic carboxylic acids is 1. The Morgan fingerprint density at radius 3 is 2.28 bits per heavy atom. The first-order chi connectivity index (χ1) is 20.6. The maximum absolute atomic E-state index is 12.7. The number of benzene rings is 2. The molecule has 0 bridgehead atoms. The summed E-state index contributed by atoms with van der Waals surface area (Å²) in [5.74, 6) is 4.52. The fourth-order valence-corrected chi connectivity index (χ4v) is 5.79. The number of methoxy groups -OCH3 is 1. The number of hydrogen-bond acceptors (Lipinski definition) is 8. The van der Waals surface area contributed by atoms with Crippen molar-refractivity contribution >= 4 is 27.8 Å². The van der Waals surface area contributed by atoms with Crippen LogP contribution >= 0.6 is 0 Å². The number of carbonyl (C=O) groups excluding carboxylic acids is 1. The predicted octanol–water partition coefficient (Wildman–Crippen LogP) is 1.82. The van der Waals surface area contributed by atoms with Crippen LogP contribution in [0.5, 0.6) is 5.75 Å². The van der Waals surface area contributed by atoms with Crippen molar-refractivity contribution in [1.29, 1.82) is 5.26 Å². The van der Waals surface area contributed by atoms with Gasteiger partial charge in [0.2, 0.25) is 0 Å². The van der Waals surface area contributed by atoms with Crippen LogP contribution in [0.1, 0.15) is 41.8 Å². The third-order valence-corrected chi connectivity index (χ3v) is 8.27. The summed E-state index contributed by atoms with van der Waals surface area (Å²) in [4.78, 5) is 26.1. The monoisotopic (exact) mass is 611 g/mol. The second kappa shape index (κ2) is 15.9. The lowest BCUT2D eigenvalue weighted by Gasteiger charge is -2.36. The van der Waals surface area contributed by atoms with Crippen molar-refractivity contribution < 1.29 is 32.6 Å². The molecule has 13 heteroatoms. The van der Waals surface area contributed by atoms with Gasteiger partial charge in [0.05, 0.1) is 18.2 Å². The van der Waals surface area contributed by atoms with Crippen LogP contribution in [-0.4, -0.2) is 88.8 Å². The first-order valence-corrected chi connectivity index (χ1v) is 15.3. The number of carboxylic acid groups (broad SMARTS) is 1. The number of ether oxygens (including phenoxy) is 2. The molecule has 0 radical (unpaired) electrons. The average molecular weight is 612 g/mol. The van der Waals surface area contributed by atoms with E-state index in [1.165, 1.54) is 4.31 Å². The van der Waals surface area contributed by atoms with E-state index < -0.39 is 34.0 Å². The van der Waals surface area contributed by atoms with Crippen molar-refractivity contribution in [2.75, 3.05) is 57.9 Å². The number of nitrogens with zero attached hydrogens (tertiary/aromatic N) is 3. The fraction of sp³-hybridized carbons (Fsp3) is 0.433. The minimum absolute atomic E-state index is 0.130. The van der Waals surface area contributed by atoms with Gasteiger partial charge in [-0.2, -0.15) is 22.7 Å². The molecule has 2 aromatic rings. The van der Waals surface area contributed by atoms with E-state index in [0.717, 1.165) is 11.3 Å². The van der Waals surface area contributed by atoms with Crippen molar-refractivity contribution in [3.05, 3.63) is 59.2 Å². The fourth-order valence-electron chi connectivity index (χ4n) is 4.30. The molecule has 1 aliphatic heterocycles. The molecule has 230 valence electrons. The molecule has 1 atom stereocenters. The summed E-state index contributed by atoms with van der Waals surface area (Å²) >= 11 is 0. The zero-order valence-corrected chi connectivity index (χ0v) is 25.3. The van der Waals surface area contributed by atoms with Gasteiger partial charge >= 0.3 is 5.97 Å². The number of carbonyl (C=O) groups is 2. The van der Waals surface area contributed by atoms with Crippen molar-refractivity contribution in [3.63, 3.8) is 0 Å². The summed E-state index contributed by atoms with van der Waals surface area (Å²) in [6, 6.07) is 13.3. The first-order valence-electron chi connectivity index (χ1n) is 13.8. The molecular formula is C30H37N5O7S. The van der Waals surface area contributed by atoms with Crippen molar-refractivity contribution in [2.45, 2.75) is 26.3 Å². The molecule has 2 aromatic carbocycles. The highest BCUT2D eigenvalue weighted by molar-refractivity contribution is 7.87. The molecule has 1 heterocycles. The Bertz CT molecular complexity index is 1470. The van der Waals surface area contributed by atoms with E-state index in [4.69, 9.17) is 14.7 Å². The lowest BCUT2D eigenvalue weighted by molar-refractivity contribution is -0.140. The summed E-state index contributed by atoms with van der Waals surface area (Å²) in [5.41, 5.74) is 2.54. The van der Waals surface area contributed by atoms with Gasteiger partial charge in [-0.05, 0) is 48.4 Å². The van der Waals surface area contributed by atoms with Gasteiger partial charge in [-0.25, -0.2) is 0 Å². The van der Waals surface area contributed by atoms with Crippen molar-refractivity contribution in [2.24, 2.45) is 5.92 Å². The van der Waals surface area contributed by atoms with E-state index >= 15 is 0 Å². The Balaban J connectivity index is 1.65. The molecule has 1 aliphatic rings. The molecule has 3 N–H and O–H groups in total. The quantitative estimate of drug-likeness (QED) is 0.174. The second-order valence-electron chi connectivity index (χ2n) is 10.1. The van der Waals surface area contributed by atoms with E-state index in [2.05, 4.69) is 26.8 Å². The molecule has 0 unspecified atom stereocenters. The Morgan fingerprint density at radius 1 is 1.02 bits per heavy atom. The normalized spacial score (nSPS) is 14.3. The van der Waals surface area contributed by atoms with Gasteiger partial charge in [-0.3, -0.25) is 9.59 Å². The molecule has 12 nitrogen and oxygen atoms in total. The highest BCUT2D eigenvalue weighted by Crippen LogP contribution is 2.22. The molecule has 1 amide bonds. The van der Waals surface area contributed by atoms with Crippen LogP contribution in [0.25, 0.3) is 0 Å². The minimum Gasteiger partial charge on any atom is -0.493 e. The summed E-state index contributed by atoms with van der Waals surface area (Å²) in [6.07, 6.45) is 0.658. The second-order valence-corrected chi connectivity index (χ2v) is 11.8. The maximum atomic E-state index is 12.7. The Kier molecular flexibility index (Phi) is 12.3. The summed E-state index contributed by atoms with van der Waals surface area (Å²) < 4.78 is 39.8. The number of nitriles is 1. The zero-order valence-electron chi connectivity index (χ0n) is 24.5. The molecule has 0 spiro atoms. The van der Waals surface area contributed by atoms with E-state index in [1.807, 2.05) is 30.3 Å². The van der Waals surface area contributed by atoms with Crippen molar-refractivity contribution in [3.8, 4) is 23.7 Å². The van der Waals surface area contributed by atoms with Crippen LogP contribution < -0.4 is 19.7 Å².